The van der Waals surface area contributed by atoms with Crippen LogP contribution in [-0.4, -0.2) is 49.0 Å². The number of carbonyl (C=O) groups is 1. The summed E-state index contributed by atoms with van der Waals surface area (Å²) in [4.78, 5) is 25.6. The third-order valence-electron chi connectivity index (χ3n) is 3.76. The Morgan fingerprint density at radius 3 is 3.14 bits per heavy atom. The van der Waals surface area contributed by atoms with Crippen LogP contribution in [0.1, 0.15) is 36.8 Å². The second-order valence-corrected chi connectivity index (χ2v) is 5.54. The molecular weight excluding hydrogens is 292 g/mol. The molecular formula is C13H17ClN6O. The van der Waals surface area contributed by atoms with E-state index in [0.717, 1.165) is 31.8 Å². The number of piperidine rings is 1. The summed E-state index contributed by atoms with van der Waals surface area (Å²) in [5.74, 6) is 2.05. The lowest BCUT2D eigenvalue weighted by Gasteiger charge is -2.31. The predicted molar refractivity (Wildman–Crippen MR) is 76.9 cm³/mol. The van der Waals surface area contributed by atoms with Crippen LogP contribution in [0.3, 0.4) is 0 Å². The van der Waals surface area contributed by atoms with Crippen LogP contribution in [0.5, 0.6) is 0 Å². The van der Waals surface area contributed by atoms with E-state index in [1.165, 1.54) is 0 Å². The van der Waals surface area contributed by atoms with Crippen molar-refractivity contribution in [2.24, 2.45) is 0 Å². The van der Waals surface area contributed by atoms with E-state index >= 15 is 0 Å². The van der Waals surface area contributed by atoms with Crippen molar-refractivity contribution in [3.63, 3.8) is 0 Å². The fraction of sp³-hybridized carbons (Fsp3) is 0.538. The molecule has 21 heavy (non-hydrogen) atoms. The van der Waals surface area contributed by atoms with Crippen molar-refractivity contribution in [1.29, 1.82) is 0 Å². The van der Waals surface area contributed by atoms with Crippen LogP contribution < -0.4 is 0 Å². The van der Waals surface area contributed by atoms with Gasteiger partial charge in [-0.3, -0.25) is 9.89 Å². The Hall–Kier alpha value is -1.89. The maximum absolute atomic E-state index is 12.3. The largest absolute Gasteiger partial charge is 0.348 e. The molecule has 1 aliphatic heterocycles. The van der Waals surface area contributed by atoms with Gasteiger partial charge in [0.05, 0.1) is 0 Å². The standard InChI is InChI=1S/C13H17ClN6O/c14-13-17-10(18-19-13)3-4-11(21)20-7-1-2-9(8-20)12-15-5-6-16-12/h5-6,9H,1-4,7-8H2,(H,15,16)(H,17,18,19)/t9-/m1/s1. The molecule has 0 bridgehead atoms. The van der Waals surface area contributed by atoms with E-state index in [9.17, 15) is 4.79 Å². The van der Waals surface area contributed by atoms with Gasteiger partial charge >= 0.3 is 0 Å². The van der Waals surface area contributed by atoms with Crippen LogP contribution in [0.2, 0.25) is 5.28 Å². The molecule has 0 spiro atoms. The third-order valence-corrected chi connectivity index (χ3v) is 3.93. The lowest BCUT2D eigenvalue weighted by atomic mass is 9.97. The van der Waals surface area contributed by atoms with E-state index in [1.807, 2.05) is 11.1 Å². The van der Waals surface area contributed by atoms with Gasteiger partial charge in [0, 0.05) is 44.2 Å². The van der Waals surface area contributed by atoms with Crippen LogP contribution in [0.4, 0.5) is 0 Å². The monoisotopic (exact) mass is 308 g/mol. The Balaban J connectivity index is 1.54. The van der Waals surface area contributed by atoms with E-state index < -0.39 is 0 Å². The lowest BCUT2D eigenvalue weighted by Crippen LogP contribution is -2.39. The van der Waals surface area contributed by atoms with Crippen molar-refractivity contribution >= 4 is 17.5 Å². The number of aromatic nitrogens is 5. The number of hydrogen-bond donors (Lipinski definition) is 2. The zero-order chi connectivity index (χ0) is 14.7. The maximum Gasteiger partial charge on any atom is 0.242 e. The Labute approximate surface area is 127 Å². The molecule has 2 aromatic heterocycles. The number of amides is 1. The molecule has 1 saturated heterocycles. The summed E-state index contributed by atoms with van der Waals surface area (Å²) in [7, 11) is 0. The highest BCUT2D eigenvalue weighted by molar-refractivity contribution is 6.28. The fourth-order valence-electron chi connectivity index (χ4n) is 2.69. The first-order valence-corrected chi connectivity index (χ1v) is 7.44. The van der Waals surface area contributed by atoms with Gasteiger partial charge in [0.15, 0.2) is 0 Å². The van der Waals surface area contributed by atoms with Gasteiger partial charge in [0.1, 0.15) is 11.6 Å². The molecule has 0 radical (unpaired) electrons. The van der Waals surface area contributed by atoms with E-state index in [1.54, 1.807) is 6.20 Å². The second kappa shape index (κ2) is 6.26. The van der Waals surface area contributed by atoms with E-state index in [4.69, 9.17) is 11.6 Å². The number of likely N-dealkylation sites (tertiary alicyclic amines) is 1. The minimum absolute atomic E-state index is 0.138. The normalized spacial score (nSPS) is 18.9. The molecule has 0 aliphatic carbocycles. The summed E-state index contributed by atoms with van der Waals surface area (Å²) in [6.45, 7) is 1.54. The van der Waals surface area contributed by atoms with Gasteiger partial charge in [-0.25, -0.2) is 9.97 Å². The van der Waals surface area contributed by atoms with Crippen LogP contribution in [0.25, 0.3) is 0 Å². The number of nitrogens with one attached hydrogen (secondary N) is 2. The summed E-state index contributed by atoms with van der Waals surface area (Å²) in [5, 5.41) is 6.65. The number of rotatable bonds is 4. The minimum Gasteiger partial charge on any atom is -0.348 e. The molecule has 7 nitrogen and oxygen atoms in total. The lowest BCUT2D eigenvalue weighted by molar-refractivity contribution is -0.132. The maximum atomic E-state index is 12.3. The zero-order valence-electron chi connectivity index (χ0n) is 11.5. The van der Waals surface area contributed by atoms with Crippen LogP contribution >= 0.6 is 11.6 Å². The van der Waals surface area contributed by atoms with Gasteiger partial charge in [-0.15, -0.1) is 5.10 Å². The molecule has 0 aromatic carbocycles. The fourth-order valence-corrected chi connectivity index (χ4v) is 2.84. The summed E-state index contributed by atoms with van der Waals surface area (Å²) in [5.41, 5.74) is 0. The number of nitrogens with zero attached hydrogens (tertiary/aromatic N) is 4. The molecule has 3 heterocycles. The molecule has 1 amide bonds. The molecule has 8 heteroatoms. The van der Waals surface area contributed by atoms with Crippen molar-refractivity contribution in [2.45, 2.75) is 31.6 Å². The van der Waals surface area contributed by atoms with Gasteiger partial charge in [0.25, 0.3) is 0 Å². The summed E-state index contributed by atoms with van der Waals surface area (Å²) in [6, 6.07) is 0. The average Bonchev–Trinajstić information content (AvgIpc) is 3.16. The predicted octanol–water partition coefficient (Wildman–Crippen LogP) is 1.52. The molecule has 3 rings (SSSR count). The Kier molecular flexibility index (Phi) is 4.19. The molecule has 2 aromatic rings. The molecule has 1 fully saturated rings. The van der Waals surface area contributed by atoms with Crippen LogP contribution in [0, 0.1) is 0 Å². The number of halogens is 1. The van der Waals surface area contributed by atoms with Gasteiger partial charge in [-0.2, -0.15) is 0 Å². The Bertz CT molecular complexity index is 596. The highest BCUT2D eigenvalue weighted by Crippen LogP contribution is 2.24. The number of imidazole rings is 1. The van der Waals surface area contributed by atoms with E-state index in [-0.39, 0.29) is 11.2 Å². The number of aryl methyl sites for hydroxylation is 1. The van der Waals surface area contributed by atoms with Gasteiger partial charge in [-0.05, 0) is 24.4 Å². The molecule has 2 N–H and O–H groups in total. The zero-order valence-corrected chi connectivity index (χ0v) is 12.3. The summed E-state index contributed by atoms with van der Waals surface area (Å²) >= 11 is 5.64. The van der Waals surface area contributed by atoms with Crippen molar-refractivity contribution in [2.75, 3.05) is 13.1 Å². The first-order valence-electron chi connectivity index (χ1n) is 7.06. The molecule has 1 aliphatic rings. The number of aromatic amines is 2. The first-order chi connectivity index (χ1) is 10.2. The summed E-state index contributed by atoms with van der Waals surface area (Å²) in [6.07, 6.45) is 6.59. The molecule has 0 unspecified atom stereocenters. The Morgan fingerprint density at radius 2 is 2.43 bits per heavy atom. The third kappa shape index (κ3) is 3.41. The smallest absolute Gasteiger partial charge is 0.242 e. The molecule has 0 saturated carbocycles. The van der Waals surface area contributed by atoms with Crippen molar-refractivity contribution in [1.82, 2.24) is 30.0 Å². The van der Waals surface area contributed by atoms with Crippen molar-refractivity contribution < 1.29 is 4.79 Å². The SMILES string of the molecule is O=C(CCc1nc(Cl)n[nH]1)N1CCC[C@@H](c2ncc[nH]2)C1. The molecule has 1 atom stereocenters. The van der Waals surface area contributed by atoms with Gasteiger partial charge < -0.3 is 9.88 Å². The topological polar surface area (TPSA) is 90.6 Å². The number of carbonyl (C=O) groups excluding carboxylic acids is 1. The highest BCUT2D eigenvalue weighted by atomic mass is 35.5. The van der Waals surface area contributed by atoms with Crippen molar-refractivity contribution in [3.05, 3.63) is 29.3 Å². The van der Waals surface area contributed by atoms with Gasteiger partial charge in [0.2, 0.25) is 11.2 Å². The minimum atomic E-state index is 0.138. The van der Waals surface area contributed by atoms with Crippen LogP contribution in [0.15, 0.2) is 12.4 Å². The Morgan fingerprint density at radius 1 is 1.52 bits per heavy atom. The molecule has 112 valence electrons. The van der Waals surface area contributed by atoms with Crippen molar-refractivity contribution in [3.8, 4) is 0 Å². The number of H-pyrrole nitrogens is 2. The quantitative estimate of drug-likeness (QED) is 0.896. The highest BCUT2D eigenvalue weighted by Gasteiger charge is 2.25. The van der Waals surface area contributed by atoms with Gasteiger partial charge in [-0.1, -0.05) is 0 Å². The van der Waals surface area contributed by atoms with E-state index in [0.29, 0.717) is 24.6 Å². The van der Waals surface area contributed by atoms with Crippen LogP contribution in [-0.2, 0) is 11.2 Å². The second-order valence-electron chi connectivity index (χ2n) is 5.20. The summed E-state index contributed by atoms with van der Waals surface area (Å²) < 4.78 is 0. The number of hydrogen-bond acceptors (Lipinski definition) is 4. The average molecular weight is 309 g/mol. The van der Waals surface area contributed by atoms with E-state index in [2.05, 4.69) is 25.1 Å². The first kappa shape index (κ1) is 14.1.